The van der Waals surface area contributed by atoms with Gasteiger partial charge in [0.2, 0.25) is 5.28 Å². The Morgan fingerprint density at radius 1 is 1.38 bits per heavy atom. The summed E-state index contributed by atoms with van der Waals surface area (Å²) < 4.78 is 19.5. The van der Waals surface area contributed by atoms with Crippen LogP contribution in [0.1, 0.15) is 27.0 Å². The summed E-state index contributed by atoms with van der Waals surface area (Å²) >= 11 is 5.93. The maximum atomic E-state index is 12.4. The number of ether oxygens (including phenoxy) is 3. The number of hydrogen-bond donors (Lipinski definition) is 2. The van der Waals surface area contributed by atoms with Crippen molar-refractivity contribution in [3.05, 3.63) is 11.6 Å². The minimum absolute atomic E-state index is 0.00417. The Morgan fingerprint density at radius 3 is 2.85 bits per heavy atom. The molecule has 2 aliphatic heterocycles. The normalized spacial score (nSPS) is 29.8. The summed E-state index contributed by atoms with van der Waals surface area (Å²) in [5, 5.41) is 2.75. The molecule has 1 amide bonds. The van der Waals surface area contributed by atoms with Gasteiger partial charge in [0.1, 0.15) is 17.7 Å². The van der Waals surface area contributed by atoms with Crippen molar-refractivity contribution in [2.24, 2.45) is 0 Å². The van der Waals surface area contributed by atoms with E-state index in [1.807, 2.05) is 6.92 Å². The Labute approximate surface area is 154 Å². The van der Waals surface area contributed by atoms with Crippen molar-refractivity contribution in [2.45, 2.75) is 51.1 Å². The van der Waals surface area contributed by atoms with Gasteiger partial charge in [0.25, 0.3) is 5.91 Å². The van der Waals surface area contributed by atoms with E-state index in [1.54, 1.807) is 18.4 Å². The van der Waals surface area contributed by atoms with Crippen molar-refractivity contribution < 1.29 is 19.0 Å². The number of fused-ring (bicyclic) bond motifs is 2. The number of carbonyl (C=O) groups excluding carboxylic acids is 1. The number of carbonyl (C=O) groups is 1. The van der Waals surface area contributed by atoms with Gasteiger partial charge in [0, 0.05) is 6.54 Å². The lowest BCUT2D eigenvalue weighted by molar-refractivity contribution is -0.197. The maximum Gasteiger partial charge on any atom is 0.252 e. The molecule has 0 unspecified atom stereocenters. The number of hydrogen-bond acceptors (Lipinski definition) is 8. The number of nitrogens with two attached hydrogens (primary N) is 1. The first-order valence-electron chi connectivity index (χ1n) is 8.25. The van der Waals surface area contributed by atoms with Crippen LogP contribution in [-0.2, 0) is 19.0 Å². The third-order valence-corrected chi connectivity index (χ3v) is 4.50. The number of aromatic nitrogens is 4. The van der Waals surface area contributed by atoms with Gasteiger partial charge in [-0.25, -0.2) is 4.98 Å². The van der Waals surface area contributed by atoms with Crippen LogP contribution in [0.15, 0.2) is 6.33 Å². The fraction of sp³-hybridized carbons (Fsp3) is 0.600. The maximum absolute atomic E-state index is 12.4. The molecule has 4 heterocycles. The molecule has 2 aromatic rings. The van der Waals surface area contributed by atoms with Gasteiger partial charge in [0.15, 0.2) is 29.6 Å². The molecule has 2 aromatic heterocycles. The van der Waals surface area contributed by atoms with Crippen LogP contribution in [-0.4, -0.2) is 56.1 Å². The van der Waals surface area contributed by atoms with Crippen molar-refractivity contribution in [2.75, 3.05) is 12.3 Å². The average Bonchev–Trinajstić information content (AvgIpc) is 3.18. The minimum atomic E-state index is -0.843. The SMILES string of the molecule is CCNC(=O)[C@H]1O[C@@H](n2cnc3c(N)nc(Cl)nc32)[C@@H]2OC(C)(C)O[C@H]21. The molecule has 0 aromatic carbocycles. The largest absolute Gasteiger partial charge is 0.382 e. The van der Waals surface area contributed by atoms with Crippen LogP contribution in [0, 0.1) is 0 Å². The highest BCUT2D eigenvalue weighted by Gasteiger charge is 2.58. The van der Waals surface area contributed by atoms with Gasteiger partial charge < -0.3 is 25.3 Å². The van der Waals surface area contributed by atoms with Crippen LogP contribution in [0.5, 0.6) is 0 Å². The van der Waals surface area contributed by atoms with E-state index in [4.69, 9.17) is 31.5 Å². The van der Waals surface area contributed by atoms with Gasteiger partial charge in [-0.15, -0.1) is 0 Å². The number of likely N-dealkylation sites (N-methyl/N-ethyl adjacent to an activating group) is 1. The lowest BCUT2D eigenvalue weighted by atomic mass is 10.1. The van der Waals surface area contributed by atoms with Gasteiger partial charge >= 0.3 is 0 Å². The molecule has 10 nitrogen and oxygen atoms in total. The number of anilines is 1. The van der Waals surface area contributed by atoms with Crippen LogP contribution in [0.2, 0.25) is 5.28 Å². The zero-order chi connectivity index (χ0) is 18.6. The minimum Gasteiger partial charge on any atom is -0.382 e. The highest BCUT2D eigenvalue weighted by Crippen LogP contribution is 2.43. The molecule has 4 atom stereocenters. The molecule has 11 heteroatoms. The number of imidazole rings is 1. The number of amides is 1. The van der Waals surface area contributed by atoms with Crippen LogP contribution in [0.3, 0.4) is 0 Å². The van der Waals surface area contributed by atoms with E-state index in [9.17, 15) is 4.79 Å². The zero-order valence-corrected chi connectivity index (χ0v) is 15.2. The molecule has 0 saturated carbocycles. The second-order valence-corrected chi connectivity index (χ2v) is 6.95. The van der Waals surface area contributed by atoms with Crippen molar-refractivity contribution in [3.63, 3.8) is 0 Å². The van der Waals surface area contributed by atoms with E-state index in [2.05, 4.69) is 20.3 Å². The highest BCUT2D eigenvalue weighted by atomic mass is 35.5. The topological polar surface area (TPSA) is 126 Å². The Hall–Kier alpha value is -2.01. The Balaban J connectivity index is 1.76. The third-order valence-electron chi connectivity index (χ3n) is 4.33. The van der Waals surface area contributed by atoms with Gasteiger partial charge in [-0.1, -0.05) is 0 Å². The Morgan fingerprint density at radius 2 is 2.12 bits per heavy atom. The van der Waals surface area contributed by atoms with E-state index < -0.39 is 30.3 Å². The summed E-state index contributed by atoms with van der Waals surface area (Å²) in [7, 11) is 0. The first-order chi connectivity index (χ1) is 12.3. The lowest BCUT2D eigenvalue weighted by Crippen LogP contribution is -2.42. The fourth-order valence-corrected chi connectivity index (χ4v) is 3.55. The van der Waals surface area contributed by atoms with Crippen LogP contribution in [0.4, 0.5) is 5.82 Å². The number of nitrogens with one attached hydrogen (secondary N) is 1. The van der Waals surface area contributed by atoms with Gasteiger partial charge in [0.05, 0.1) is 6.33 Å². The van der Waals surface area contributed by atoms with E-state index in [-0.39, 0.29) is 17.0 Å². The predicted octanol–water partition coefficient (Wildman–Crippen LogP) is 0.615. The number of nitrogen functional groups attached to an aromatic ring is 1. The summed E-state index contributed by atoms with van der Waals surface area (Å²) in [6.45, 7) is 5.90. The molecule has 2 fully saturated rings. The van der Waals surface area contributed by atoms with Crippen molar-refractivity contribution >= 4 is 34.5 Å². The molecule has 2 aliphatic rings. The number of halogens is 1. The van der Waals surface area contributed by atoms with Crippen molar-refractivity contribution in [3.8, 4) is 0 Å². The predicted molar refractivity (Wildman–Crippen MR) is 91.2 cm³/mol. The Kier molecular flexibility index (Phi) is 4.03. The summed E-state index contributed by atoms with van der Waals surface area (Å²) in [4.78, 5) is 24.8. The monoisotopic (exact) mass is 382 g/mol. The van der Waals surface area contributed by atoms with E-state index in [0.717, 1.165) is 0 Å². The van der Waals surface area contributed by atoms with Crippen molar-refractivity contribution in [1.29, 1.82) is 0 Å². The third kappa shape index (κ3) is 2.69. The number of nitrogens with zero attached hydrogens (tertiary/aromatic N) is 4. The summed E-state index contributed by atoms with van der Waals surface area (Å²) in [5.41, 5.74) is 6.66. The van der Waals surface area contributed by atoms with Crippen LogP contribution >= 0.6 is 11.6 Å². The average molecular weight is 383 g/mol. The molecule has 140 valence electrons. The molecule has 0 bridgehead atoms. The molecule has 0 spiro atoms. The molecule has 26 heavy (non-hydrogen) atoms. The lowest BCUT2D eigenvalue weighted by Gasteiger charge is -2.24. The molecule has 0 radical (unpaired) electrons. The quantitative estimate of drug-likeness (QED) is 0.739. The zero-order valence-electron chi connectivity index (χ0n) is 14.5. The second kappa shape index (κ2) is 6.02. The molecule has 4 rings (SSSR count). The molecule has 3 N–H and O–H groups in total. The van der Waals surface area contributed by atoms with E-state index in [1.165, 1.54) is 6.33 Å². The van der Waals surface area contributed by atoms with E-state index in [0.29, 0.717) is 17.7 Å². The van der Waals surface area contributed by atoms with Gasteiger partial charge in [-0.05, 0) is 32.4 Å². The molecular formula is C15H19ClN6O4. The second-order valence-electron chi connectivity index (χ2n) is 6.61. The standard InChI is InChI=1S/C15H19ClN6O4/c1-4-18-12(23)8-7-9(26-15(2,3)25-7)13(24-8)22-5-19-6-10(17)20-14(16)21-11(6)22/h5,7-9,13H,4H2,1-3H3,(H,18,23)(H2,17,20,21)/t7-,8-,9+,13+/m0/s1. The molecule has 2 saturated heterocycles. The van der Waals surface area contributed by atoms with Gasteiger partial charge in [-0.2, -0.15) is 9.97 Å². The smallest absolute Gasteiger partial charge is 0.252 e. The molecular weight excluding hydrogens is 364 g/mol. The summed E-state index contributed by atoms with van der Waals surface area (Å²) in [6.07, 6.45) is -1.06. The fourth-order valence-electron chi connectivity index (χ4n) is 3.38. The summed E-state index contributed by atoms with van der Waals surface area (Å²) in [6, 6.07) is 0. The van der Waals surface area contributed by atoms with Gasteiger partial charge in [-0.3, -0.25) is 9.36 Å². The highest BCUT2D eigenvalue weighted by molar-refractivity contribution is 6.28. The Bertz CT molecular complexity index is 871. The first-order valence-corrected chi connectivity index (χ1v) is 8.63. The summed E-state index contributed by atoms with van der Waals surface area (Å²) in [5.74, 6) is -0.940. The van der Waals surface area contributed by atoms with Crippen LogP contribution in [0.25, 0.3) is 11.2 Å². The van der Waals surface area contributed by atoms with Crippen LogP contribution < -0.4 is 11.1 Å². The van der Waals surface area contributed by atoms with Crippen molar-refractivity contribution in [1.82, 2.24) is 24.8 Å². The first kappa shape index (κ1) is 17.4. The number of rotatable bonds is 3. The molecule has 0 aliphatic carbocycles. The van der Waals surface area contributed by atoms with E-state index >= 15 is 0 Å².